The van der Waals surface area contributed by atoms with Crippen LogP contribution >= 0.6 is 0 Å². The summed E-state index contributed by atoms with van der Waals surface area (Å²) in [4.78, 5) is 23.5. The van der Waals surface area contributed by atoms with Crippen LogP contribution in [-0.2, 0) is 11.3 Å². The molecular weight excluding hydrogens is 368 g/mol. The molecule has 4 rings (SSSR count). The maximum Gasteiger partial charge on any atom is 0.322 e. The van der Waals surface area contributed by atoms with E-state index in [2.05, 4.69) is 34.2 Å². The van der Waals surface area contributed by atoms with Crippen LogP contribution in [0, 0.1) is 0 Å². The third kappa shape index (κ3) is 4.54. The van der Waals surface area contributed by atoms with Crippen LogP contribution in [0.5, 0.6) is 0 Å². The molecule has 1 saturated heterocycles. The minimum Gasteiger partial charge on any atom is -0.376 e. The van der Waals surface area contributed by atoms with E-state index < -0.39 is 0 Å². The molecule has 1 aliphatic rings. The average Bonchev–Trinajstić information content (AvgIpc) is 3.37. The second kappa shape index (κ2) is 8.57. The molecule has 8 nitrogen and oxygen atoms in total. The molecule has 1 aliphatic heterocycles. The van der Waals surface area contributed by atoms with Crippen molar-refractivity contribution in [2.75, 3.05) is 18.5 Å². The fourth-order valence-corrected chi connectivity index (χ4v) is 3.55. The molecule has 0 unspecified atom stereocenters. The zero-order valence-electron chi connectivity index (χ0n) is 16.8. The van der Waals surface area contributed by atoms with Gasteiger partial charge in [-0.1, -0.05) is 6.07 Å². The van der Waals surface area contributed by atoms with Gasteiger partial charge in [0.2, 0.25) is 0 Å². The lowest BCUT2D eigenvalue weighted by molar-refractivity contribution is 0.0819. The molecule has 0 bridgehead atoms. The Morgan fingerprint density at radius 2 is 2.28 bits per heavy atom. The zero-order chi connectivity index (χ0) is 20.2. The van der Waals surface area contributed by atoms with Gasteiger partial charge >= 0.3 is 6.03 Å². The number of hydrogen-bond acceptors (Lipinski definition) is 5. The van der Waals surface area contributed by atoms with Gasteiger partial charge in [0.1, 0.15) is 0 Å². The van der Waals surface area contributed by atoms with Crippen molar-refractivity contribution >= 4 is 22.8 Å². The number of nitrogens with zero attached hydrogens (tertiary/aromatic N) is 5. The Morgan fingerprint density at radius 3 is 3.00 bits per heavy atom. The fourth-order valence-electron chi connectivity index (χ4n) is 3.55. The molecule has 1 atom stereocenters. The summed E-state index contributed by atoms with van der Waals surface area (Å²) in [6, 6.07) is 5.79. The van der Waals surface area contributed by atoms with Gasteiger partial charge < -0.3 is 15.0 Å². The third-order valence-corrected chi connectivity index (χ3v) is 5.01. The van der Waals surface area contributed by atoms with E-state index >= 15 is 0 Å². The predicted octanol–water partition coefficient (Wildman–Crippen LogP) is 3.62. The highest BCUT2D eigenvalue weighted by molar-refractivity contribution is 5.91. The first kappa shape index (κ1) is 19.3. The Hall–Kier alpha value is -3.00. The smallest absolute Gasteiger partial charge is 0.322 e. The van der Waals surface area contributed by atoms with Crippen LogP contribution in [0.1, 0.15) is 38.3 Å². The van der Waals surface area contributed by atoms with E-state index in [0.29, 0.717) is 18.8 Å². The molecule has 2 amide bonds. The fraction of sp³-hybridized carbons (Fsp3) is 0.429. The van der Waals surface area contributed by atoms with Gasteiger partial charge in [0.25, 0.3) is 0 Å². The first-order chi connectivity index (χ1) is 14.1. The molecule has 4 heterocycles. The first-order valence-corrected chi connectivity index (χ1v) is 10.00. The number of nitrogens with one attached hydrogen (secondary N) is 1. The Labute approximate surface area is 169 Å². The van der Waals surface area contributed by atoms with Gasteiger partial charge in [0.15, 0.2) is 5.65 Å². The van der Waals surface area contributed by atoms with Crippen molar-refractivity contribution < 1.29 is 9.53 Å². The summed E-state index contributed by atoms with van der Waals surface area (Å²) in [6.45, 7) is 5.89. The summed E-state index contributed by atoms with van der Waals surface area (Å²) < 4.78 is 7.61. The maximum absolute atomic E-state index is 13.0. The van der Waals surface area contributed by atoms with Gasteiger partial charge in [-0.15, -0.1) is 0 Å². The molecule has 8 heteroatoms. The van der Waals surface area contributed by atoms with Crippen LogP contribution in [-0.4, -0.2) is 49.9 Å². The molecule has 152 valence electrons. The van der Waals surface area contributed by atoms with Gasteiger partial charge in [0.05, 0.1) is 24.2 Å². The van der Waals surface area contributed by atoms with Crippen LogP contribution < -0.4 is 5.32 Å². The first-order valence-electron chi connectivity index (χ1n) is 10.00. The second-order valence-corrected chi connectivity index (χ2v) is 7.63. The maximum atomic E-state index is 13.0. The summed E-state index contributed by atoms with van der Waals surface area (Å²) in [6.07, 6.45) is 9.04. The Balaban J connectivity index is 1.51. The molecule has 0 aromatic carbocycles. The molecule has 0 radical (unpaired) electrons. The van der Waals surface area contributed by atoms with Crippen molar-refractivity contribution in [3.05, 3.63) is 48.5 Å². The lowest BCUT2D eigenvalue weighted by atomic mass is 10.2. The topological polar surface area (TPSA) is 85.2 Å². The standard InChI is InChI=1S/C21H26N6O2/c1-15(2)27-20-17(11-24-27)9-18(12-23-20)25-21(28)26(14-19-6-4-8-29-19)13-16-5-3-7-22-10-16/h3,5,7,9-12,15,19H,4,6,8,13-14H2,1-2H3,(H,25,28)/t19-/m0/s1. The molecule has 0 spiro atoms. The summed E-state index contributed by atoms with van der Waals surface area (Å²) in [7, 11) is 0. The van der Waals surface area contributed by atoms with Crippen LogP contribution in [0.3, 0.4) is 0 Å². The van der Waals surface area contributed by atoms with E-state index in [0.717, 1.165) is 36.0 Å². The van der Waals surface area contributed by atoms with Gasteiger partial charge in [-0.2, -0.15) is 5.10 Å². The van der Waals surface area contributed by atoms with Crippen LogP contribution in [0.4, 0.5) is 10.5 Å². The van der Waals surface area contributed by atoms with Gasteiger partial charge in [0, 0.05) is 43.5 Å². The molecule has 29 heavy (non-hydrogen) atoms. The third-order valence-electron chi connectivity index (χ3n) is 5.01. The van der Waals surface area contributed by atoms with E-state index in [-0.39, 0.29) is 18.2 Å². The number of aromatic nitrogens is 4. The normalized spacial score (nSPS) is 16.4. The SMILES string of the molecule is CC(C)n1ncc2cc(NC(=O)N(Cc3cccnc3)C[C@@H]3CCCO3)cnc21. The zero-order valence-corrected chi connectivity index (χ0v) is 16.8. The van der Waals surface area contributed by atoms with Crippen LogP contribution in [0.2, 0.25) is 0 Å². The lowest BCUT2D eigenvalue weighted by Gasteiger charge is -2.25. The van der Waals surface area contributed by atoms with Crippen molar-refractivity contribution in [2.24, 2.45) is 0 Å². The van der Waals surface area contributed by atoms with Crippen molar-refractivity contribution in [3.8, 4) is 0 Å². The number of ether oxygens (including phenoxy) is 1. The number of pyridine rings is 2. The van der Waals surface area contributed by atoms with E-state index in [9.17, 15) is 4.79 Å². The van der Waals surface area contributed by atoms with Gasteiger partial charge in [-0.3, -0.25) is 4.98 Å². The number of fused-ring (bicyclic) bond motifs is 1. The Kier molecular flexibility index (Phi) is 5.71. The summed E-state index contributed by atoms with van der Waals surface area (Å²) in [5, 5.41) is 8.26. The van der Waals surface area contributed by atoms with E-state index in [1.165, 1.54) is 0 Å². The monoisotopic (exact) mass is 394 g/mol. The molecule has 0 aliphatic carbocycles. The number of anilines is 1. The molecule has 3 aromatic rings. The average molecular weight is 394 g/mol. The molecule has 3 aromatic heterocycles. The number of carbonyl (C=O) groups excluding carboxylic acids is 1. The number of hydrogen-bond donors (Lipinski definition) is 1. The number of amides is 2. The largest absolute Gasteiger partial charge is 0.376 e. The second-order valence-electron chi connectivity index (χ2n) is 7.63. The number of carbonyl (C=O) groups is 1. The minimum atomic E-state index is -0.179. The summed E-state index contributed by atoms with van der Waals surface area (Å²) in [5.74, 6) is 0. The van der Waals surface area contributed by atoms with Crippen molar-refractivity contribution in [3.63, 3.8) is 0 Å². The number of urea groups is 1. The predicted molar refractivity (Wildman–Crippen MR) is 111 cm³/mol. The minimum absolute atomic E-state index is 0.0716. The van der Waals surface area contributed by atoms with E-state index in [1.807, 2.05) is 22.9 Å². The highest BCUT2D eigenvalue weighted by atomic mass is 16.5. The molecular formula is C21H26N6O2. The molecule has 0 saturated carbocycles. The van der Waals surface area contributed by atoms with Crippen molar-refractivity contribution in [2.45, 2.75) is 45.4 Å². The summed E-state index contributed by atoms with van der Waals surface area (Å²) >= 11 is 0. The molecule has 1 N–H and O–H groups in total. The van der Waals surface area contributed by atoms with Gasteiger partial charge in [-0.25, -0.2) is 14.5 Å². The van der Waals surface area contributed by atoms with Gasteiger partial charge in [-0.05, 0) is 44.4 Å². The van der Waals surface area contributed by atoms with E-state index in [1.54, 1.807) is 29.7 Å². The Bertz CT molecular complexity index is 966. The van der Waals surface area contributed by atoms with Crippen LogP contribution in [0.15, 0.2) is 43.0 Å². The highest BCUT2D eigenvalue weighted by Crippen LogP contribution is 2.20. The Morgan fingerprint density at radius 1 is 1.38 bits per heavy atom. The lowest BCUT2D eigenvalue weighted by Crippen LogP contribution is -2.39. The van der Waals surface area contributed by atoms with Crippen molar-refractivity contribution in [1.82, 2.24) is 24.6 Å². The summed E-state index contributed by atoms with van der Waals surface area (Å²) in [5.41, 5.74) is 2.44. The van der Waals surface area contributed by atoms with E-state index in [4.69, 9.17) is 4.74 Å². The van der Waals surface area contributed by atoms with Crippen molar-refractivity contribution in [1.29, 1.82) is 0 Å². The van der Waals surface area contributed by atoms with Crippen LogP contribution in [0.25, 0.3) is 11.0 Å². The molecule has 1 fully saturated rings. The highest BCUT2D eigenvalue weighted by Gasteiger charge is 2.23. The quantitative estimate of drug-likeness (QED) is 0.690. The number of rotatable bonds is 6.